The quantitative estimate of drug-likeness (QED) is 0.221. The van der Waals surface area contributed by atoms with Crippen LogP contribution >= 0.6 is 7.60 Å². The monoisotopic (exact) mass is 443 g/mol. The molecule has 6 heteroatoms. The van der Waals surface area contributed by atoms with Gasteiger partial charge in [-0.3, -0.25) is 4.57 Å². The molecule has 0 atom stereocenters. The molecular formula is C19H43BrNO3P. The van der Waals surface area contributed by atoms with Crippen molar-refractivity contribution in [2.75, 3.05) is 26.9 Å². The van der Waals surface area contributed by atoms with E-state index in [-0.39, 0.29) is 29.2 Å². The SMILES string of the molecule is CCCCCCCCCC[N+](C)(C)CP(=O)(OC(C)C)OC(C)C.[Br-]. The van der Waals surface area contributed by atoms with Crippen molar-refractivity contribution in [3.8, 4) is 0 Å². The first kappa shape index (κ1) is 27.8. The number of hydrogen-bond donors (Lipinski definition) is 0. The second kappa shape index (κ2) is 14.6. The lowest BCUT2D eigenvalue weighted by Gasteiger charge is -2.34. The van der Waals surface area contributed by atoms with Gasteiger partial charge in [-0.1, -0.05) is 45.4 Å². The molecule has 0 saturated heterocycles. The van der Waals surface area contributed by atoms with E-state index >= 15 is 0 Å². The summed E-state index contributed by atoms with van der Waals surface area (Å²) in [5.41, 5.74) is 0. The summed E-state index contributed by atoms with van der Waals surface area (Å²) in [6.45, 7) is 10.9. The molecule has 0 heterocycles. The third kappa shape index (κ3) is 16.5. The number of quaternary nitrogens is 1. The zero-order valence-electron chi connectivity index (χ0n) is 17.7. The number of rotatable bonds is 15. The molecule has 0 aliphatic rings. The Morgan fingerprint density at radius 3 is 1.60 bits per heavy atom. The van der Waals surface area contributed by atoms with Crippen LogP contribution in [-0.2, 0) is 13.6 Å². The van der Waals surface area contributed by atoms with Crippen molar-refractivity contribution in [2.45, 2.75) is 98.2 Å². The van der Waals surface area contributed by atoms with Gasteiger partial charge in [0, 0.05) is 0 Å². The molecule has 0 N–H and O–H groups in total. The predicted molar refractivity (Wildman–Crippen MR) is 105 cm³/mol. The minimum absolute atomic E-state index is 0. The van der Waals surface area contributed by atoms with E-state index in [2.05, 4.69) is 21.0 Å². The molecule has 0 rings (SSSR count). The van der Waals surface area contributed by atoms with E-state index in [9.17, 15) is 4.57 Å². The number of unbranched alkanes of at least 4 members (excludes halogenated alkanes) is 7. The molecule has 0 unspecified atom stereocenters. The molecule has 0 fully saturated rings. The Morgan fingerprint density at radius 1 is 0.800 bits per heavy atom. The van der Waals surface area contributed by atoms with E-state index < -0.39 is 7.60 Å². The van der Waals surface area contributed by atoms with E-state index in [4.69, 9.17) is 9.05 Å². The number of nitrogens with zero attached hydrogens (tertiary/aromatic N) is 1. The largest absolute Gasteiger partial charge is 1.00 e. The first-order valence-corrected chi connectivity index (χ1v) is 11.6. The summed E-state index contributed by atoms with van der Waals surface area (Å²) >= 11 is 0. The lowest BCUT2D eigenvalue weighted by Crippen LogP contribution is -3.00. The maximum Gasteiger partial charge on any atom is 0.385 e. The Bertz CT molecular complexity index is 349. The first-order chi connectivity index (χ1) is 11.1. The summed E-state index contributed by atoms with van der Waals surface area (Å²) in [5.74, 6) is 0. The third-order valence-corrected chi connectivity index (χ3v) is 6.51. The molecule has 4 nitrogen and oxygen atoms in total. The minimum Gasteiger partial charge on any atom is -1.00 e. The first-order valence-electron chi connectivity index (χ1n) is 9.88. The molecule has 0 saturated carbocycles. The van der Waals surface area contributed by atoms with Gasteiger partial charge in [0.2, 0.25) is 0 Å². The van der Waals surface area contributed by atoms with Gasteiger partial charge in [-0.05, 0) is 40.5 Å². The van der Waals surface area contributed by atoms with Gasteiger partial charge in [0.1, 0.15) is 0 Å². The lowest BCUT2D eigenvalue weighted by atomic mass is 10.1. The second-order valence-corrected chi connectivity index (χ2v) is 10.1. The van der Waals surface area contributed by atoms with Crippen LogP contribution in [0.4, 0.5) is 0 Å². The van der Waals surface area contributed by atoms with Gasteiger partial charge in [0.25, 0.3) is 0 Å². The van der Waals surface area contributed by atoms with Crippen molar-refractivity contribution in [3.05, 3.63) is 0 Å². The Labute approximate surface area is 167 Å². The average molecular weight is 444 g/mol. The lowest BCUT2D eigenvalue weighted by molar-refractivity contribution is -0.880. The maximum absolute atomic E-state index is 13.0. The smallest absolute Gasteiger partial charge is 0.385 e. The van der Waals surface area contributed by atoms with Crippen molar-refractivity contribution < 1.29 is 35.1 Å². The molecule has 25 heavy (non-hydrogen) atoms. The van der Waals surface area contributed by atoms with E-state index in [1.54, 1.807) is 0 Å². The van der Waals surface area contributed by atoms with Crippen LogP contribution in [0.15, 0.2) is 0 Å². The fourth-order valence-electron chi connectivity index (χ4n) is 2.95. The summed E-state index contributed by atoms with van der Waals surface area (Å²) in [6.07, 6.45) is 10.8. The summed E-state index contributed by atoms with van der Waals surface area (Å²) in [5, 5.41) is 0. The van der Waals surface area contributed by atoms with Crippen LogP contribution in [0.5, 0.6) is 0 Å². The average Bonchev–Trinajstić information content (AvgIpc) is 2.38. The second-order valence-electron chi connectivity index (χ2n) is 8.19. The van der Waals surface area contributed by atoms with Crippen molar-refractivity contribution in [1.29, 1.82) is 0 Å². The van der Waals surface area contributed by atoms with Crippen LogP contribution in [0.3, 0.4) is 0 Å². The van der Waals surface area contributed by atoms with Gasteiger partial charge in [-0.25, -0.2) is 0 Å². The van der Waals surface area contributed by atoms with Crippen molar-refractivity contribution in [1.82, 2.24) is 0 Å². The fourth-order valence-corrected chi connectivity index (χ4v) is 5.49. The molecular weight excluding hydrogens is 401 g/mol. The topological polar surface area (TPSA) is 35.5 Å². The van der Waals surface area contributed by atoms with Crippen LogP contribution in [0.1, 0.15) is 86.0 Å². The highest BCUT2D eigenvalue weighted by atomic mass is 79.9. The van der Waals surface area contributed by atoms with Crippen LogP contribution < -0.4 is 17.0 Å². The Kier molecular flexibility index (Phi) is 16.3. The molecule has 0 amide bonds. The molecule has 0 aromatic rings. The van der Waals surface area contributed by atoms with Crippen molar-refractivity contribution >= 4 is 7.60 Å². The summed E-state index contributed by atoms with van der Waals surface area (Å²) in [6, 6.07) is 0. The summed E-state index contributed by atoms with van der Waals surface area (Å²) in [4.78, 5) is 0. The standard InChI is InChI=1S/C19H43NO3P.BrH/c1-8-9-10-11-12-13-14-15-16-20(6,7)17-24(21,22-18(2)3)23-19(4)5;/h18-19H,8-17H2,1-7H3;1H/q+1;/p-1. The summed E-state index contributed by atoms with van der Waals surface area (Å²) in [7, 11) is 1.20. The molecule has 0 aromatic heterocycles. The normalized spacial score (nSPS) is 12.7. The molecule has 0 spiro atoms. The molecule has 0 aliphatic carbocycles. The van der Waals surface area contributed by atoms with Gasteiger partial charge >= 0.3 is 7.60 Å². The number of hydrogen-bond acceptors (Lipinski definition) is 3. The van der Waals surface area contributed by atoms with Crippen LogP contribution in [0.2, 0.25) is 0 Å². The highest BCUT2D eigenvalue weighted by Gasteiger charge is 2.36. The van der Waals surface area contributed by atoms with Gasteiger partial charge in [0.15, 0.2) is 6.29 Å². The van der Waals surface area contributed by atoms with Gasteiger partial charge < -0.3 is 30.5 Å². The third-order valence-electron chi connectivity index (χ3n) is 3.92. The van der Waals surface area contributed by atoms with Crippen LogP contribution in [-0.4, -0.2) is 43.6 Å². The Morgan fingerprint density at radius 2 is 1.20 bits per heavy atom. The van der Waals surface area contributed by atoms with E-state index in [1.807, 2.05) is 27.7 Å². The zero-order valence-corrected chi connectivity index (χ0v) is 20.2. The molecule has 0 aromatic carbocycles. The molecule has 154 valence electrons. The van der Waals surface area contributed by atoms with Gasteiger partial charge in [-0.15, -0.1) is 0 Å². The van der Waals surface area contributed by atoms with E-state index in [0.29, 0.717) is 10.8 Å². The zero-order chi connectivity index (χ0) is 18.6. The highest BCUT2D eigenvalue weighted by Crippen LogP contribution is 2.51. The molecule has 0 bridgehead atoms. The summed E-state index contributed by atoms with van der Waals surface area (Å²) < 4.78 is 25.1. The maximum atomic E-state index is 13.0. The Balaban J connectivity index is 0. The van der Waals surface area contributed by atoms with Gasteiger partial charge in [0.05, 0.1) is 32.8 Å². The fraction of sp³-hybridized carbons (Fsp3) is 1.00. The highest BCUT2D eigenvalue weighted by molar-refractivity contribution is 7.53. The van der Waals surface area contributed by atoms with E-state index in [0.717, 1.165) is 6.54 Å². The Hall–Kier alpha value is 0.590. The van der Waals surface area contributed by atoms with E-state index in [1.165, 1.54) is 51.4 Å². The predicted octanol–water partition coefficient (Wildman–Crippen LogP) is 3.21. The minimum atomic E-state index is -3.05. The molecule has 0 aliphatic heterocycles. The van der Waals surface area contributed by atoms with Crippen molar-refractivity contribution in [2.24, 2.45) is 0 Å². The van der Waals surface area contributed by atoms with Crippen LogP contribution in [0.25, 0.3) is 0 Å². The number of halogens is 1. The van der Waals surface area contributed by atoms with Crippen molar-refractivity contribution in [3.63, 3.8) is 0 Å². The van der Waals surface area contributed by atoms with Crippen LogP contribution in [0, 0.1) is 0 Å². The molecule has 0 radical (unpaired) electrons. The van der Waals surface area contributed by atoms with Gasteiger partial charge in [-0.2, -0.15) is 0 Å².